The molecule has 6 atom stereocenters. The summed E-state index contributed by atoms with van der Waals surface area (Å²) in [6, 6.07) is 44.6. The number of carboxylic acid groups (broad SMARTS) is 1. The highest BCUT2D eigenvalue weighted by atomic mass is 32.4. The first kappa shape index (κ1) is 79.0. The van der Waals surface area contributed by atoms with E-state index in [1.807, 2.05) is 130 Å². The smallest absolute Gasteiger partial charge is 0.410 e. The fourth-order valence-electron chi connectivity index (χ4n) is 14.9. The maximum Gasteiger partial charge on any atom is 0.410 e. The van der Waals surface area contributed by atoms with Crippen molar-refractivity contribution in [2.24, 2.45) is 0 Å². The van der Waals surface area contributed by atoms with Gasteiger partial charge in [0.05, 0.1) is 55.8 Å². The Morgan fingerprint density at radius 1 is 0.454 bits per heavy atom. The maximum absolute atomic E-state index is 14.2. The molecule has 14 rings (SSSR count). The molecule has 0 bridgehead atoms. The van der Waals surface area contributed by atoms with E-state index >= 15 is 0 Å². The lowest BCUT2D eigenvalue weighted by atomic mass is 9.94. The molecule has 4 saturated heterocycles. The number of halogens is 5. The van der Waals surface area contributed by atoms with Crippen LogP contribution in [0.25, 0.3) is 33.4 Å². The Kier molecular flexibility index (Phi) is 24.6. The summed E-state index contributed by atoms with van der Waals surface area (Å²) in [4.78, 5) is 109. The molecule has 0 radical (unpaired) electrons. The molecule has 21 nitrogen and oxygen atoms in total. The molecular weight excluding hydrogens is 1450 g/mol. The number of likely N-dealkylation sites (tertiary alicyclic amines) is 3. The molecule has 1 N–H and O–H groups in total. The van der Waals surface area contributed by atoms with Crippen LogP contribution in [0, 0.1) is 29.1 Å². The first-order valence-electron chi connectivity index (χ1n) is 35.1. The third-order valence-electron chi connectivity index (χ3n) is 19.5. The lowest BCUT2D eigenvalue weighted by Gasteiger charge is -2.25. The van der Waals surface area contributed by atoms with Gasteiger partial charge in [-0.3, -0.25) is 24.3 Å². The van der Waals surface area contributed by atoms with E-state index in [0.29, 0.717) is 11.5 Å². The number of carbonyl (C=O) groups excluding carboxylic acids is 7. The molecule has 28 heteroatoms. The highest BCUT2D eigenvalue weighted by Gasteiger charge is 2.48. The molecular formula is C80H80F5N4O17PS. The Bertz CT molecular complexity index is 4420. The molecule has 4 fully saturated rings. The van der Waals surface area contributed by atoms with Crippen LogP contribution in [-0.4, -0.2) is 167 Å². The number of hydroxylamine groups is 2. The van der Waals surface area contributed by atoms with Gasteiger partial charge in [-0.25, -0.2) is 41.9 Å². The quantitative estimate of drug-likeness (QED) is 0.0147. The Labute approximate surface area is 627 Å². The Balaban J connectivity index is 0.000000162. The van der Waals surface area contributed by atoms with Crippen molar-refractivity contribution in [2.45, 2.75) is 145 Å². The first-order chi connectivity index (χ1) is 51.6. The summed E-state index contributed by atoms with van der Waals surface area (Å²) in [5.41, 5.74) is 12.1. The van der Waals surface area contributed by atoms with Gasteiger partial charge in [-0.1, -0.05) is 157 Å². The van der Waals surface area contributed by atoms with Crippen LogP contribution in [0.15, 0.2) is 146 Å². The minimum atomic E-state index is -2.39. The molecule has 4 aliphatic heterocycles. The van der Waals surface area contributed by atoms with E-state index in [1.165, 1.54) is 39.2 Å². The van der Waals surface area contributed by atoms with Gasteiger partial charge in [0.2, 0.25) is 34.8 Å². The lowest BCUT2D eigenvalue weighted by molar-refractivity contribution is -0.200. The Morgan fingerprint density at radius 3 is 1.13 bits per heavy atom. The molecule has 4 heterocycles. The third kappa shape index (κ3) is 17.1. The Hall–Kier alpha value is -10.1. The van der Waals surface area contributed by atoms with Gasteiger partial charge in [0.15, 0.2) is 0 Å². The number of hydrogen-bond donors (Lipinski definition) is 1. The zero-order valence-electron chi connectivity index (χ0n) is 60.1. The molecule has 3 aliphatic carbocycles. The number of rotatable bonds is 15. The van der Waals surface area contributed by atoms with Gasteiger partial charge in [-0.2, -0.15) is 8.78 Å². The van der Waals surface area contributed by atoms with Gasteiger partial charge >= 0.3 is 36.2 Å². The van der Waals surface area contributed by atoms with Crippen molar-refractivity contribution in [3.05, 3.63) is 208 Å². The molecule has 568 valence electrons. The normalized spacial score (nSPS) is 19.6. The van der Waals surface area contributed by atoms with Gasteiger partial charge in [-0.15, -0.1) is 5.06 Å². The largest absolute Gasteiger partial charge is 0.480 e. The molecule has 108 heavy (non-hydrogen) atoms. The van der Waals surface area contributed by atoms with Crippen LogP contribution in [0.5, 0.6) is 5.75 Å². The number of carboxylic acids is 1. The summed E-state index contributed by atoms with van der Waals surface area (Å²) in [5.74, 6) is -18.0. The number of aliphatic carboxylic acids is 1. The summed E-state index contributed by atoms with van der Waals surface area (Å²) >= 11 is 3.89. The fourth-order valence-corrected chi connectivity index (χ4v) is 14.9. The van der Waals surface area contributed by atoms with Crippen LogP contribution in [0.4, 0.5) is 36.3 Å². The van der Waals surface area contributed by atoms with Crippen LogP contribution in [0.2, 0.25) is 0 Å². The van der Waals surface area contributed by atoms with Crippen molar-refractivity contribution in [2.75, 3.05) is 46.6 Å². The van der Waals surface area contributed by atoms with Crippen molar-refractivity contribution < 1.29 is 103 Å². The van der Waals surface area contributed by atoms with E-state index in [-0.39, 0.29) is 95.4 Å². The maximum atomic E-state index is 14.2. The number of carbonyl (C=O) groups is 8. The van der Waals surface area contributed by atoms with Crippen molar-refractivity contribution in [1.82, 2.24) is 19.8 Å². The van der Waals surface area contributed by atoms with Crippen LogP contribution in [-0.2, 0) is 69.0 Å². The predicted octanol–water partition coefficient (Wildman–Crippen LogP) is 14.4. The monoisotopic (exact) mass is 1530 g/mol. The number of benzene rings is 7. The third-order valence-corrected chi connectivity index (χ3v) is 19.5. The van der Waals surface area contributed by atoms with Gasteiger partial charge in [-0.05, 0) is 123 Å². The lowest BCUT2D eigenvalue weighted by Crippen LogP contribution is -2.45. The van der Waals surface area contributed by atoms with Crippen LogP contribution in [0.3, 0.4) is 0 Å². The minimum Gasteiger partial charge on any atom is -0.480 e. The van der Waals surface area contributed by atoms with E-state index in [4.69, 9.17) is 33.3 Å². The molecule has 5 amide bonds. The number of esters is 1. The molecule has 7 aromatic carbocycles. The number of nitrogens with zero attached hydrogens (tertiary/aromatic N) is 4. The second-order valence-corrected chi connectivity index (χ2v) is 28.7. The van der Waals surface area contributed by atoms with Gasteiger partial charge in [0.25, 0.3) is 11.8 Å². The van der Waals surface area contributed by atoms with Crippen LogP contribution >= 0.6 is 8.02 Å². The van der Waals surface area contributed by atoms with Gasteiger partial charge < -0.3 is 43.1 Å². The molecule has 7 aliphatic rings. The van der Waals surface area contributed by atoms with E-state index < -0.39 is 124 Å². The zero-order chi connectivity index (χ0) is 77.6. The number of imide groups is 1. The van der Waals surface area contributed by atoms with Gasteiger partial charge in [0, 0.05) is 57.0 Å². The predicted molar refractivity (Wildman–Crippen MR) is 388 cm³/mol. The Morgan fingerprint density at radius 2 is 0.769 bits per heavy atom. The molecule has 0 unspecified atom stereocenters. The van der Waals surface area contributed by atoms with Gasteiger partial charge in [0.1, 0.15) is 31.3 Å². The average molecular weight is 1530 g/mol. The summed E-state index contributed by atoms with van der Waals surface area (Å²) in [6.45, 7) is 11.4. The topological polar surface area (TPSA) is 244 Å². The van der Waals surface area contributed by atoms with Crippen molar-refractivity contribution >= 4 is 67.8 Å². The van der Waals surface area contributed by atoms with E-state index in [1.54, 1.807) is 20.8 Å². The molecule has 7 aromatic rings. The average Bonchev–Trinajstić information content (AvgIpc) is 1.54. The standard InChI is InChI=1S/C30H26F5NO5.C29H32N2O7.C21H21NO5.HPS/c1-30(2,3)41-15-12-21(28(37)40-27-25(34)23(32)22(31)24(33)26(27)35)36(13-15)29(38)39-14-20-18-10-6-4-8-16(18)17-9-5-7-11-19(17)20;1-29(2,3)37-18-16-24(27(34)38-31-25(32)12-13-26(31)33)30(17-18)28(35)36-15-14-23-21-10-6-4-8-19(21)20-9-5-7-11-22(20)23;1-26-13-10-19(20(23)24)22(11-13)21(25)27-12-18-16-8-4-2-6-14(16)15-7-3-5-9-17(15)18;1-2/h4-11,15,20-21H,12-14H2,1-3H3;4-11,18,23-24H,12-17H2,1-3H3;2-9,13,18-19H,10-12H2,1H3,(H,23,24);1H/t15-,21+;18-,24+;13-,19+;/m111./s1. The zero-order valence-corrected chi connectivity index (χ0v) is 61.9. The molecule has 0 saturated carbocycles. The summed E-state index contributed by atoms with van der Waals surface area (Å²) in [7, 11) is 4.07. The number of hydrogen-bond acceptors (Lipinski definition) is 17. The van der Waals surface area contributed by atoms with Crippen LogP contribution in [0.1, 0.15) is 131 Å². The number of fused-ring (bicyclic) bond motifs is 9. The summed E-state index contributed by atoms with van der Waals surface area (Å²) in [6.07, 6.45) is -2.76. The van der Waals surface area contributed by atoms with Crippen molar-refractivity contribution in [3.63, 3.8) is 0 Å². The van der Waals surface area contributed by atoms with E-state index in [2.05, 4.69) is 61.0 Å². The molecule has 0 aromatic heterocycles. The number of amides is 5. The number of methoxy groups -OCH3 is 1. The van der Waals surface area contributed by atoms with E-state index in [9.17, 15) is 65.4 Å². The fraction of sp³-hybridized carbons (Fsp3) is 0.375. The SMILES string of the molecule is CC(C)(C)O[C@@H]1C[C@@H](C(=O)ON2C(=O)CCC2=O)N(C(=O)OCCC2c3ccccc3-c3ccccc32)C1.CC(C)(C)O[C@@H]1C[C@@H](C(=O)Oc2c(F)c(F)c(F)c(F)c2F)N(C(=O)OCC2c3ccccc3-c3ccccc32)C1.CO[C@@H]1C[C@@H](C(=O)O)N(C(=O)OCC2c3ccccc3-c3ccccc32)C1.P=S. The van der Waals surface area contributed by atoms with Crippen molar-refractivity contribution in [1.29, 1.82) is 0 Å². The highest BCUT2D eigenvalue weighted by molar-refractivity contribution is 7.88. The minimum absolute atomic E-state index is 0.00821. The first-order valence-corrected chi connectivity index (χ1v) is 36.7. The highest BCUT2D eigenvalue weighted by Crippen LogP contribution is 2.48. The second kappa shape index (κ2) is 33.6. The van der Waals surface area contributed by atoms with Crippen LogP contribution < -0.4 is 4.74 Å². The molecule has 0 spiro atoms. The summed E-state index contributed by atoms with van der Waals surface area (Å²) < 4.78 is 108. The van der Waals surface area contributed by atoms with E-state index in [0.717, 1.165) is 49.4 Å². The van der Waals surface area contributed by atoms with Crippen molar-refractivity contribution in [3.8, 4) is 39.1 Å². The summed E-state index contributed by atoms with van der Waals surface area (Å²) in [5, 5.41) is 9.88. The second-order valence-electron chi connectivity index (χ2n) is 28.7. The number of ether oxygens (including phenoxy) is 7.